The number of carbonyl (C=O) groups excluding carboxylic acids is 2. The number of amides is 2. The molecule has 0 fully saturated rings. The Hall–Kier alpha value is -2.20. The van der Waals surface area contributed by atoms with Crippen molar-refractivity contribution < 1.29 is 22.7 Å². The van der Waals surface area contributed by atoms with Crippen LogP contribution in [0.5, 0.6) is 5.75 Å². The maximum Gasteiger partial charge on any atom is 0.242 e. The summed E-state index contributed by atoms with van der Waals surface area (Å²) in [5.74, 6) is -0.167. The first-order valence-corrected chi connectivity index (χ1v) is 15.2. The fraction of sp³-hybridized carbons (Fsp3) is 0.462. The Kier molecular flexibility index (Phi) is 12.5. The molecule has 210 valence electrons. The number of nitrogens with zero attached hydrogens (tertiary/aromatic N) is 2. The monoisotopic (exact) mass is 605 g/mol. The van der Waals surface area contributed by atoms with Gasteiger partial charge in [0.15, 0.2) is 0 Å². The van der Waals surface area contributed by atoms with Crippen LogP contribution < -0.4 is 14.4 Å². The van der Waals surface area contributed by atoms with Crippen LogP contribution in [0.15, 0.2) is 36.4 Å². The molecule has 2 rings (SSSR count). The number of sulfonamides is 1. The number of hydrogen-bond acceptors (Lipinski definition) is 5. The average molecular weight is 607 g/mol. The van der Waals surface area contributed by atoms with Crippen molar-refractivity contribution in [1.82, 2.24) is 10.2 Å². The molecule has 0 aromatic heterocycles. The summed E-state index contributed by atoms with van der Waals surface area (Å²) in [6.45, 7) is 4.33. The Labute approximate surface area is 240 Å². The van der Waals surface area contributed by atoms with E-state index in [-0.39, 0.29) is 42.8 Å². The van der Waals surface area contributed by atoms with E-state index in [1.54, 1.807) is 37.3 Å². The third-order valence-corrected chi connectivity index (χ3v) is 8.00. The molecular weight excluding hydrogens is 573 g/mol. The molecule has 12 heteroatoms. The first-order valence-electron chi connectivity index (χ1n) is 12.2. The van der Waals surface area contributed by atoms with Crippen LogP contribution in [0.2, 0.25) is 15.1 Å². The molecule has 0 unspecified atom stereocenters. The number of benzene rings is 2. The highest BCUT2D eigenvalue weighted by Gasteiger charge is 2.27. The van der Waals surface area contributed by atoms with Gasteiger partial charge in [0.05, 0.1) is 24.1 Å². The van der Waals surface area contributed by atoms with E-state index >= 15 is 0 Å². The number of halogens is 3. The average Bonchev–Trinajstić information content (AvgIpc) is 2.85. The highest BCUT2D eigenvalue weighted by molar-refractivity contribution is 7.92. The molecule has 2 aromatic rings. The van der Waals surface area contributed by atoms with Crippen LogP contribution in [0.25, 0.3) is 0 Å². The van der Waals surface area contributed by atoms with Gasteiger partial charge < -0.3 is 15.0 Å². The molecule has 0 saturated carbocycles. The maximum absolute atomic E-state index is 13.4. The molecule has 2 aromatic carbocycles. The van der Waals surface area contributed by atoms with Crippen LogP contribution in [0.3, 0.4) is 0 Å². The highest BCUT2D eigenvalue weighted by atomic mass is 35.5. The maximum atomic E-state index is 13.4. The predicted molar refractivity (Wildman–Crippen MR) is 154 cm³/mol. The summed E-state index contributed by atoms with van der Waals surface area (Å²) >= 11 is 18.6. The standard InChI is InChI=1S/C26H34Cl3N3O5S/c1-5-6-13-30-26(34)18(2)31(17-19-9-10-20(27)15-22(19)28)25(33)8-7-14-32(38(4,35)36)21-11-12-24(37-3)23(29)16-21/h9-12,15-16,18H,5-8,13-14,17H2,1-4H3,(H,30,34)/t18-/m0/s1. The summed E-state index contributed by atoms with van der Waals surface area (Å²) in [4.78, 5) is 27.6. The van der Waals surface area contributed by atoms with E-state index in [4.69, 9.17) is 39.5 Å². The van der Waals surface area contributed by atoms with E-state index in [9.17, 15) is 18.0 Å². The summed E-state index contributed by atoms with van der Waals surface area (Å²) < 4.78 is 31.4. The van der Waals surface area contributed by atoms with Gasteiger partial charge in [0.1, 0.15) is 11.8 Å². The predicted octanol–water partition coefficient (Wildman–Crippen LogP) is 5.54. The summed E-state index contributed by atoms with van der Waals surface area (Å²) in [5, 5.41) is 3.97. The van der Waals surface area contributed by atoms with Gasteiger partial charge in [0.25, 0.3) is 0 Å². The van der Waals surface area contributed by atoms with Gasteiger partial charge in [-0.15, -0.1) is 0 Å². The molecule has 0 radical (unpaired) electrons. The molecular formula is C26H34Cl3N3O5S. The summed E-state index contributed by atoms with van der Waals surface area (Å²) in [6, 6.07) is 8.87. The van der Waals surface area contributed by atoms with E-state index in [0.717, 1.165) is 19.1 Å². The SMILES string of the molecule is CCCCNC(=O)[C@H](C)N(Cc1ccc(Cl)cc1Cl)C(=O)CCCN(c1ccc(OC)c(Cl)c1)S(C)(=O)=O. The van der Waals surface area contributed by atoms with Crippen molar-refractivity contribution in [1.29, 1.82) is 0 Å². The Morgan fingerprint density at radius 1 is 1.05 bits per heavy atom. The molecule has 0 heterocycles. The number of nitrogens with one attached hydrogen (secondary N) is 1. The molecule has 1 N–H and O–H groups in total. The Bertz CT molecular complexity index is 1230. The minimum absolute atomic E-state index is 0.00763. The van der Waals surface area contributed by atoms with E-state index in [0.29, 0.717) is 33.6 Å². The second-order valence-electron chi connectivity index (χ2n) is 8.84. The number of hydrogen-bond donors (Lipinski definition) is 1. The van der Waals surface area contributed by atoms with Gasteiger partial charge in [-0.1, -0.05) is 54.2 Å². The fourth-order valence-electron chi connectivity index (χ4n) is 3.77. The Morgan fingerprint density at radius 3 is 2.34 bits per heavy atom. The number of anilines is 1. The van der Waals surface area contributed by atoms with Crippen molar-refractivity contribution >= 4 is 62.3 Å². The van der Waals surface area contributed by atoms with Gasteiger partial charge in [0, 0.05) is 36.1 Å². The quantitative estimate of drug-likeness (QED) is 0.285. The van der Waals surface area contributed by atoms with Crippen molar-refractivity contribution in [2.75, 3.05) is 30.8 Å². The van der Waals surface area contributed by atoms with Gasteiger partial charge in [-0.3, -0.25) is 13.9 Å². The van der Waals surface area contributed by atoms with Gasteiger partial charge in [-0.25, -0.2) is 8.42 Å². The van der Waals surface area contributed by atoms with Crippen LogP contribution in [-0.2, 0) is 26.2 Å². The Balaban J connectivity index is 2.20. The second-order valence-corrected chi connectivity index (χ2v) is 12.0. The van der Waals surface area contributed by atoms with Crippen molar-refractivity contribution in [2.24, 2.45) is 0 Å². The van der Waals surface area contributed by atoms with E-state index in [1.807, 2.05) is 6.92 Å². The van der Waals surface area contributed by atoms with Crippen LogP contribution in [0.4, 0.5) is 5.69 Å². The number of carbonyl (C=O) groups is 2. The third kappa shape index (κ3) is 9.22. The lowest BCUT2D eigenvalue weighted by Gasteiger charge is -2.30. The lowest BCUT2D eigenvalue weighted by molar-refractivity contribution is -0.140. The number of ether oxygens (including phenoxy) is 1. The van der Waals surface area contributed by atoms with E-state index in [2.05, 4.69) is 5.32 Å². The minimum Gasteiger partial charge on any atom is -0.495 e. The smallest absolute Gasteiger partial charge is 0.242 e. The molecule has 0 bridgehead atoms. The molecule has 2 amide bonds. The van der Waals surface area contributed by atoms with Gasteiger partial charge in [-0.2, -0.15) is 0 Å². The molecule has 0 aliphatic carbocycles. The number of methoxy groups -OCH3 is 1. The molecule has 0 aliphatic heterocycles. The van der Waals surface area contributed by atoms with Crippen molar-refractivity contribution in [3.63, 3.8) is 0 Å². The van der Waals surface area contributed by atoms with Gasteiger partial charge >= 0.3 is 0 Å². The zero-order valence-electron chi connectivity index (χ0n) is 22.0. The van der Waals surface area contributed by atoms with Crippen LogP contribution in [0.1, 0.15) is 45.1 Å². The largest absolute Gasteiger partial charge is 0.495 e. The Morgan fingerprint density at radius 2 is 1.76 bits per heavy atom. The number of rotatable bonds is 14. The topological polar surface area (TPSA) is 96.0 Å². The van der Waals surface area contributed by atoms with Crippen LogP contribution in [0, 0.1) is 0 Å². The van der Waals surface area contributed by atoms with Crippen LogP contribution in [-0.4, -0.2) is 57.6 Å². The summed E-state index contributed by atoms with van der Waals surface area (Å²) in [7, 11) is -2.19. The lowest BCUT2D eigenvalue weighted by atomic mass is 10.1. The summed E-state index contributed by atoms with van der Waals surface area (Å²) in [6.07, 6.45) is 3.06. The van der Waals surface area contributed by atoms with Gasteiger partial charge in [-0.05, 0) is 55.7 Å². The van der Waals surface area contributed by atoms with E-state index < -0.39 is 16.1 Å². The molecule has 0 saturated heterocycles. The third-order valence-electron chi connectivity index (χ3n) is 5.93. The number of unbranched alkanes of at least 4 members (excludes halogenated alkanes) is 1. The minimum atomic E-state index is -3.66. The second kappa shape index (κ2) is 14.8. The first kappa shape index (κ1) is 32.0. The van der Waals surface area contributed by atoms with Gasteiger partial charge in [0.2, 0.25) is 21.8 Å². The molecule has 38 heavy (non-hydrogen) atoms. The van der Waals surface area contributed by atoms with Crippen molar-refractivity contribution in [2.45, 2.75) is 52.1 Å². The highest BCUT2D eigenvalue weighted by Crippen LogP contribution is 2.30. The van der Waals surface area contributed by atoms with Crippen LogP contribution >= 0.6 is 34.8 Å². The first-order chi connectivity index (χ1) is 17.9. The lowest BCUT2D eigenvalue weighted by Crippen LogP contribution is -2.48. The van der Waals surface area contributed by atoms with E-state index in [1.165, 1.54) is 22.4 Å². The van der Waals surface area contributed by atoms with Crippen molar-refractivity contribution in [3.8, 4) is 5.75 Å². The fourth-order valence-corrected chi connectivity index (χ4v) is 5.44. The normalized spacial score (nSPS) is 12.1. The summed E-state index contributed by atoms with van der Waals surface area (Å²) in [5.41, 5.74) is 1.00. The molecule has 0 aliphatic rings. The molecule has 0 spiro atoms. The zero-order chi connectivity index (χ0) is 28.5. The zero-order valence-corrected chi connectivity index (χ0v) is 25.1. The molecule has 1 atom stereocenters. The molecule has 8 nitrogen and oxygen atoms in total. The van der Waals surface area contributed by atoms with Crippen molar-refractivity contribution in [3.05, 3.63) is 57.0 Å².